The average Bonchev–Trinajstić information content (AvgIpc) is 2.95. The minimum atomic E-state index is 0.467. The van der Waals surface area contributed by atoms with Gasteiger partial charge in [-0.1, -0.05) is 19.1 Å². The van der Waals surface area contributed by atoms with Gasteiger partial charge in [-0.05, 0) is 32.0 Å². The van der Waals surface area contributed by atoms with Crippen molar-refractivity contribution < 1.29 is 9.47 Å². The Morgan fingerprint density at radius 2 is 1.90 bits per heavy atom. The van der Waals surface area contributed by atoms with Crippen LogP contribution in [0.15, 0.2) is 29.6 Å². The van der Waals surface area contributed by atoms with Crippen LogP contribution in [0.4, 0.5) is 0 Å². The molecule has 0 fully saturated rings. The first-order valence-electron chi connectivity index (χ1n) is 7.32. The molecule has 1 heterocycles. The molecular formula is C16H22N2O2S. The fraction of sp³-hybridized carbons (Fsp3) is 0.438. The molecule has 2 rings (SSSR count). The summed E-state index contributed by atoms with van der Waals surface area (Å²) in [5, 5.41) is 6.50. The summed E-state index contributed by atoms with van der Waals surface area (Å²) in [5.41, 5.74) is 0.958. The lowest BCUT2D eigenvalue weighted by Crippen LogP contribution is -2.13. The van der Waals surface area contributed by atoms with Crippen LogP contribution in [-0.2, 0) is 13.2 Å². The number of ether oxygens (including phenoxy) is 2. The highest BCUT2D eigenvalue weighted by molar-refractivity contribution is 7.09. The van der Waals surface area contributed by atoms with Crippen LogP contribution in [0, 0.1) is 0 Å². The molecule has 1 aromatic heterocycles. The summed E-state index contributed by atoms with van der Waals surface area (Å²) in [5.74, 6) is 1.54. The van der Waals surface area contributed by atoms with E-state index >= 15 is 0 Å². The van der Waals surface area contributed by atoms with Crippen LogP contribution in [-0.4, -0.2) is 18.1 Å². The largest absolute Gasteiger partial charge is 0.490 e. The van der Waals surface area contributed by atoms with E-state index in [4.69, 9.17) is 9.47 Å². The van der Waals surface area contributed by atoms with E-state index in [1.54, 1.807) is 11.3 Å². The zero-order chi connectivity index (χ0) is 14.9. The zero-order valence-corrected chi connectivity index (χ0v) is 13.4. The van der Waals surface area contributed by atoms with Gasteiger partial charge < -0.3 is 14.8 Å². The summed E-state index contributed by atoms with van der Waals surface area (Å²) < 4.78 is 11.4. The molecule has 4 nitrogen and oxygen atoms in total. The molecule has 0 aliphatic heterocycles. The maximum absolute atomic E-state index is 5.81. The first-order valence-corrected chi connectivity index (χ1v) is 8.20. The van der Waals surface area contributed by atoms with E-state index in [1.165, 1.54) is 0 Å². The second-order valence-corrected chi connectivity index (χ2v) is 5.52. The quantitative estimate of drug-likeness (QED) is 0.719. The van der Waals surface area contributed by atoms with Gasteiger partial charge in [0, 0.05) is 11.9 Å². The average molecular weight is 306 g/mol. The van der Waals surface area contributed by atoms with Crippen LogP contribution in [0.2, 0.25) is 0 Å². The maximum atomic E-state index is 5.81. The SMILES string of the molecule is CCCNCc1nc(COc2ccccc2OCC)cs1. The van der Waals surface area contributed by atoms with Gasteiger partial charge in [-0.2, -0.15) is 0 Å². The fourth-order valence-corrected chi connectivity index (χ4v) is 2.61. The van der Waals surface area contributed by atoms with Crippen molar-refractivity contribution in [1.82, 2.24) is 10.3 Å². The molecule has 0 atom stereocenters. The first-order chi connectivity index (χ1) is 10.3. The second-order valence-electron chi connectivity index (χ2n) is 4.58. The zero-order valence-electron chi connectivity index (χ0n) is 12.6. The first kappa shape index (κ1) is 15.8. The predicted octanol–water partition coefficient (Wildman–Crippen LogP) is 3.62. The summed E-state index contributed by atoms with van der Waals surface area (Å²) in [4.78, 5) is 4.56. The summed E-state index contributed by atoms with van der Waals surface area (Å²) in [6.07, 6.45) is 1.13. The maximum Gasteiger partial charge on any atom is 0.161 e. The van der Waals surface area contributed by atoms with Crippen molar-refractivity contribution in [3.63, 3.8) is 0 Å². The van der Waals surface area contributed by atoms with Crippen LogP contribution in [0.1, 0.15) is 31.0 Å². The van der Waals surface area contributed by atoms with Crippen LogP contribution >= 0.6 is 11.3 Å². The minimum Gasteiger partial charge on any atom is -0.490 e. The van der Waals surface area contributed by atoms with E-state index in [9.17, 15) is 0 Å². The third-order valence-corrected chi connectivity index (χ3v) is 3.72. The van der Waals surface area contributed by atoms with Crippen molar-refractivity contribution in [2.24, 2.45) is 0 Å². The Kier molecular flexibility index (Phi) is 6.50. The number of hydrogen-bond donors (Lipinski definition) is 1. The molecule has 0 unspecified atom stereocenters. The van der Waals surface area contributed by atoms with Crippen molar-refractivity contribution in [1.29, 1.82) is 0 Å². The van der Waals surface area contributed by atoms with E-state index in [0.717, 1.165) is 41.7 Å². The highest BCUT2D eigenvalue weighted by Gasteiger charge is 2.06. The number of thiazole rings is 1. The summed E-state index contributed by atoms with van der Waals surface area (Å²) in [6.45, 7) is 7.07. The molecule has 0 radical (unpaired) electrons. The van der Waals surface area contributed by atoms with Crippen molar-refractivity contribution in [3.8, 4) is 11.5 Å². The Balaban J connectivity index is 1.88. The molecule has 1 aromatic carbocycles. The topological polar surface area (TPSA) is 43.4 Å². The van der Waals surface area contributed by atoms with Gasteiger partial charge in [0.1, 0.15) is 11.6 Å². The van der Waals surface area contributed by atoms with E-state index in [-0.39, 0.29) is 0 Å². The molecule has 0 amide bonds. The van der Waals surface area contributed by atoms with E-state index in [2.05, 4.69) is 17.2 Å². The molecule has 21 heavy (non-hydrogen) atoms. The predicted molar refractivity (Wildman–Crippen MR) is 86.1 cm³/mol. The molecule has 0 spiro atoms. The number of nitrogens with zero attached hydrogens (tertiary/aromatic N) is 1. The third-order valence-electron chi connectivity index (χ3n) is 2.83. The monoisotopic (exact) mass is 306 g/mol. The second kappa shape index (κ2) is 8.64. The van der Waals surface area contributed by atoms with Gasteiger partial charge in [-0.15, -0.1) is 11.3 Å². The van der Waals surface area contributed by atoms with Gasteiger partial charge in [0.15, 0.2) is 11.5 Å². The molecule has 0 aliphatic rings. The Morgan fingerprint density at radius 1 is 1.14 bits per heavy atom. The van der Waals surface area contributed by atoms with E-state index in [1.807, 2.05) is 36.6 Å². The molecule has 1 N–H and O–H groups in total. The lowest BCUT2D eigenvalue weighted by molar-refractivity contribution is 0.267. The molecule has 0 saturated heterocycles. The van der Waals surface area contributed by atoms with E-state index in [0.29, 0.717) is 13.2 Å². The Morgan fingerprint density at radius 3 is 2.62 bits per heavy atom. The van der Waals surface area contributed by atoms with Crippen molar-refractivity contribution >= 4 is 11.3 Å². The summed E-state index contributed by atoms with van der Waals surface area (Å²) in [6, 6.07) is 7.72. The molecule has 0 aliphatic carbocycles. The van der Waals surface area contributed by atoms with Crippen molar-refractivity contribution in [2.45, 2.75) is 33.4 Å². The number of aromatic nitrogens is 1. The Labute approximate surface area is 130 Å². The molecular weight excluding hydrogens is 284 g/mol. The van der Waals surface area contributed by atoms with Crippen LogP contribution in [0.3, 0.4) is 0 Å². The standard InChI is InChI=1S/C16H22N2O2S/c1-3-9-17-10-16-18-13(12-21-16)11-20-15-8-6-5-7-14(15)19-4-2/h5-8,12,17H,3-4,9-11H2,1-2H3. The molecule has 0 bridgehead atoms. The lowest BCUT2D eigenvalue weighted by atomic mass is 10.3. The van der Waals surface area contributed by atoms with Gasteiger partial charge >= 0.3 is 0 Å². The van der Waals surface area contributed by atoms with Gasteiger partial charge in [-0.3, -0.25) is 0 Å². The number of rotatable bonds is 9. The van der Waals surface area contributed by atoms with Crippen LogP contribution in [0.25, 0.3) is 0 Å². The highest BCUT2D eigenvalue weighted by atomic mass is 32.1. The molecule has 2 aromatic rings. The number of hydrogen-bond acceptors (Lipinski definition) is 5. The van der Waals surface area contributed by atoms with Gasteiger partial charge in [0.2, 0.25) is 0 Å². The lowest BCUT2D eigenvalue weighted by Gasteiger charge is -2.10. The van der Waals surface area contributed by atoms with Crippen LogP contribution in [0.5, 0.6) is 11.5 Å². The Hall–Kier alpha value is -1.59. The van der Waals surface area contributed by atoms with Gasteiger partial charge in [0.25, 0.3) is 0 Å². The normalized spacial score (nSPS) is 10.6. The molecule has 5 heteroatoms. The minimum absolute atomic E-state index is 0.467. The number of para-hydroxylation sites is 2. The Bertz CT molecular complexity index is 543. The summed E-state index contributed by atoms with van der Waals surface area (Å²) >= 11 is 1.66. The van der Waals surface area contributed by atoms with Crippen molar-refractivity contribution in [3.05, 3.63) is 40.3 Å². The number of nitrogens with one attached hydrogen (secondary N) is 1. The molecule has 0 saturated carbocycles. The smallest absolute Gasteiger partial charge is 0.161 e. The fourth-order valence-electron chi connectivity index (χ4n) is 1.86. The van der Waals surface area contributed by atoms with E-state index < -0.39 is 0 Å². The summed E-state index contributed by atoms with van der Waals surface area (Å²) in [7, 11) is 0. The van der Waals surface area contributed by atoms with Crippen molar-refractivity contribution in [2.75, 3.05) is 13.2 Å². The highest BCUT2D eigenvalue weighted by Crippen LogP contribution is 2.27. The van der Waals surface area contributed by atoms with Gasteiger partial charge in [-0.25, -0.2) is 4.98 Å². The molecule has 114 valence electrons. The number of benzene rings is 1. The third kappa shape index (κ3) is 5.02. The van der Waals surface area contributed by atoms with Crippen LogP contribution < -0.4 is 14.8 Å². The van der Waals surface area contributed by atoms with Gasteiger partial charge in [0.05, 0.1) is 12.3 Å².